The maximum Gasteiger partial charge on any atom is 0.315 e. The molecule has 0 aliphatic heterocycles. The number of carbonyl (C=O) groups excluding carboxylic acids is 4. The molecule has 8 N–H and O–H groups in total. The number of nitrogens with one attached hydrogen (secondary N) is 8. The molecule has 0 aromatic rings. The van der Waals surface area contributed by atoms with E-state index in [1.807, 2.05) is 0 Å². The molecule has 5 rings (SSSR count). The fourth-order valence-electron chi connectivity index (χ4n) is 8.29. The molecule has 5 aliphatic rings. The van der Waals surface area contributed by atoms with Gasteiger partial charge in [-0.25, -0.2) is 19.2 Å². The largest absolute Gasteiger partial charge is 0.335 e. The van der Waals surface area contributed by atoms with E-state index >= 15 is 0 Å². The standard InChI is InChI=1S/C34H60N8O4/c43-31(35-23-7-3-1-4-8-23)37-25-11-15-27(16-12-25)39-33(45)41-29-19-21-30(22-20-29)42-34(46)40-28-17-13-26(14-18-28)38-32(44)36-24-9-5-2-6-10-24/h23-30H,1-22H2,(H2,35,37,43)(H2,36,38,44)(H2,39,41,45)(H2,40,42,46). The second kappa shape index (κ2) is 17.8. The predicted octanol–water partition coefficient (Wildman–Crippen LogP) is 4.78. The Hall–Kier alpha value is -2.92. The first kappa shape index (κ1) is 34.4. The summed E-state index contributed by atoms with van der Waals surface area (Å²) in [5.41, 5.74) is 0. The molecule has 0 atom stereocenters. The molecule has 0 bridgehead atoms. The molecule has 0 aromatic carbocycles. The highest BCUT2D eigenvalue weighted by Crippen LogP contribution is 2.23. The van der Waals surface area contributed by atoms with E-state index in [1.165, 1.54) is 38.5 Å². The van der Waals surface area contributed by atoms with Crippen molar-refractivity contribution in [3.8, 4) is 0 Å². The Bertz CT molecular complexity index is 900. The summed E-state index contributed by atoms with van der Waals surface area (Å²) in [4.78, 5) is 50.2. The van der Waals surface area contributed by atoms with Crippen LogP contribution >= 0.6 is 0 Å². The van der Waals surface area contributed by atoms with Crippen LogP contribution in [0.4, 0.5) is 19.2 Å². The third-order valence-corrected chi connectivity index (χ3v) is 11.1. The minimum Gasteiger partial charge on any atom is -0.335 e. The van der Waals surface area contributed by atoms with E-state index in [0.29, 0.717) is 12.1 Å². The normalized spacial score (nSPS) is 31.0. The molecule has 260 valence electrons. The molecule has 5 saturated carbocycles. The van der Waals surface area contributed by atoms with Crippen molar-refractivity contribution in [2.45, 2.75) is 190 Å². The van der Waals surface area contributed by atoms with Crippen LogP contribution in [0.5, 0.6) is 0 Å². The molecule has 5 aliphatic carbocycles. The van der Waals surface area contributed by atoms with E-state index in [4.69, 9.17) is 0 Å². The second-order valence-corrected chi connectivity index (χ2v) is 14.8. The van der Waals surface area contributed by atoms with Crippen molar-refractivity contribution < 1.29 is 19.2 Å². The summed E-state index contributed by atoms with van der Waals surface area (Å²) in [6.07, 6.45) is 21.9. The molecule has 0 spiro atoms. The molecule has 8 amide bonds. The summed E-state index contributed by atoms with van der Waals surface area (Å²) in [6, 6.07) is 1.12. The van der Waals surface area contributed by atoms with Crippen LogP contribution in [0.3, 0.4) is 0 Å². The van der Waals surface area contributed by atoms with Gasteiger partial charge in [-0.05, 0) is 103 Å². The van der Waals surface area contributed by atoms with Crippen LogP contribution in [0.25, 0.3) is 0 Å². The van der Waals surface area contributed by atoms with E-state index in [0.717, 1.165) is 103 Å². The average Bonchev–Trinajstić information content (AvgIpc) is 3.05. The fourth-order valence-corrected chi connectivity index (χ4v) is 8.29. The maximum absolute atomic E-state index is 12.7. The Kier molecular flexibility index (Phi) is 13.4. The predicted molar refractivity (Wildman–Crippen MR) is 179 cm³/mol. The van der Waals surface area contributed by atoms with Crippen molar-refractivity contribution in [3.63, 3.8) is 0 Å². The van der Waals surface area contributed by atoms with Crippen molar-refractivity contribution in [1.82, 2.24) is 42.5 Å². The quantitative estimate of drug-likeness (QED) is 0.191. The molecule has 5 fully saturated rings. The van der Waals surface area contributed by atoms with E-state index in [2.05, 4.69) is 42.5 Å². The number of hydrogen-bond acceptors (Lipinski definition) is 4. The van der Waals surface area contributed by atoms with Crippen LogP contribution in [0.2, 0.25) is 0 Å². The van der Waals surface area contributed by atoms with E-state index in [9.17, 15) is 19.2 Å². The van der Waals surface area contributed by atoms with E-state index in [1.54, 1.807) is 0 Å². The lowest BCUT2D eigenvalue weighted by atomic mass is 9.90. The zero-order valence-corrected chi connectivity index (χ0v) is 27.8. The summed E-state index contributed by atoms with van der Waals surface area (Å²) in [5, 5.41) is 25.1. The average molecular weight is 645 g/mol. The van der Waals surface area contributed by atoms with Crippen molar-refractivity contribution in [1.29, 1.82) is 0 Å². The van der Waals surface area contributed by atoms with Crippen molar-refractivity contribution in [3.05, 3.63) is 0 Å². The van der Waals surface area contributed by atoms with Gasteiger partial charge in [0.2, 0.25) is 0 Å². The lowest BCUT2D eigenvalue weighted by molar-refractivity contribution is 0.208. The SMILES string of the molecule is O=C(NC1CCCCC1)NC1CCC(NC(=O)NC2CCC(NC(=O)NC3CCC(NC(=O)NC4CCCCC4)CC3)CC2)CC1. The monoisotopic (exact) mass is 644 g/mol. The Labute approximate surface area is 275 Å². The van der Waals surface area contributed by atoms with Gasteiger partial charge in [-0.15, -0.1) is 0 Å². The highest BCUT2D eigenvalue weighted by molar-refractivity contribution is 5.76. The van der Waals surface area contributed by atoms with Crippen LogP contribution in [0.15, 0.2) is 0 Å². The van der Waals surface area contributed by atoms with Gasteiger partial charge < -0.3 is 42.5 Å². The molecule has 0 aromatic heterocycles. The Morgan fingerprint density at radius 2 is 0.391 bits per heavy atom. The van der Waals surface area contributed by atoms with E-state index < -0.39 is 0 Å². The highest BCUT2D eigenvalue weighted by atomic mass is 16.2. The fraction of sp³-hybridized carbons (Fsp3) is 0.882. The zero-order valence-electron chi connectivity index (χ0n) is 27.8. The van der Waals surface area contributed by atoms with Gasteiger partial charge in [0.1, 0.15) is 0 Å². The third kappa shape index (κ3) is 11.7. The van der Waals surface area contributed by atoms with Crippen LogP contribution in [-0.2, 0) is 0 Å². The summed E-state index contributed by atoms with van der Waals surface area (Å²) in [5.74, 6) is 0. The number of amides is 8. The van der Waals surface area contributed by atoms with Crippen molar-refractivity contribution >= 4 is 24.1 Å². The smallest absolute Gasteiger partial charge is 0.315 e. The highest BCUT2D eigenvalue weighted by Gasteiger charge is 2.29. The topological polar surface area (TPSA) is 165 Å². The van der Waals surface area contributed by atoms with Gasteiger partial charge in [-0.1, -0.05) is 38.5 Å². The van der Waals surface area contributed by atoms with Crippen LogP contribution in [0.1, 0.15) is 141 Å². The molecule has 12 heteroatoms. The van der Waals surface area contributed by atoms with Crippen LogP contribution in [-0.4, -0.2) is 72.5 Å². The summed E-state index contributed by atoms with van der Waals surface area (Å²) in [6.45, 7) is 0. The maximum atomic E-state index is 12.7. The lowest BCUT2D eigenvalue weighted by Gasteiger charge is -2.33. The number of rotatable bonds is 8. The Balaban J connectivity index is 0.881. The molecule has 0 radical (unpaired) electrons. The van der Waals surface area contributed by atoms with Crippen LogP contribution in [0, 0.1) is 0 Å². The second-order valence-electron chi connectivity index (χ2n) is 14.8. The van der Waals surface area contributed by atoms with Gasteiger partial charge in [0.15, 0.2) is 0 Å². The van der Waals surface area contributed by atoms with E-state index in [-0.39, 0.29) is 60.4 Å². The molecule has 0 saturated heterocycles. The molecule has 0 heterocycles. The summed E-state index contributed by atoms with van der Waals surface area (Å²) in [7, 11) is 0. The Morgan fingerprint density at radius 1 is 0.239 bits per heavy atom. The summed E-state index contributed by atoms with van der Waals surface area (Å²) >= 11 is 0. The summed E-state index contributed by atoms with van der Waals surface area (Å²) < 4.78 is 0. The van der Waals surface area contributed by atoms with Gasteiger partial charge in [-0.2, -0.15) is 0 Å². The molecule has 46 heavy (non-hydrogen) atoms. The third-order valence-electron chi connectivity index (χ3n) is 11.1. The van der Waals surface area contributed by atoms with Gasteiger partial charge in [0, 0.05) is 48.3 Å². The first-order chi connectivity index (χ1) is 22.4. The minimum atomic E-state index is -0.114. The van der Waals surface area contributed by atoms with Crippen molar-refractivity contribution in [2.75, 3.05) is 0 Å². The molecule has 0 unspecified atom stereocenters. The number of carbonyl (C=O) groups is 4. The van der Waals surface area contributed by atoms with Gasteiger partial charge in [-0.3, -0.25) is 0 Å². The first-order valence-electron chi connectivity index (χ1n) is 18.7. The lowest BCUT2D eigenvalue weighted by Crippen LogP contribution is -2.53. The molecular weight excluding hydrogens is 584 g/mol. The van der Waals surface area contributed by atoms with Crippen molar-refractivity contribution in [2.24, 2.45) is 0 Å². The zero-order chi connectivity index (χ0) is 32.1. The van der Waals surface area contributed by atoms with Gasteiger partial charge in [0.05, 0.1) is 0 Å². The first-order valence-corrected chi connectivity index (χ1v) is 18.7. The molecular formula is C34H60N8O4. The minimum absolute atomic E-state index is 0.0459. The molecule has 12 nitrogen and oxygen atoms in total. The Morgan fingerprint density at radius 3 is 0.565 bits per heavy atom. The number of hydrogen-bond donors (Lipinski definition) is 8. The number of urea groups is 4. The van der Waals surface area contributed by atoms with Gasteiger partial charge in [0.25, 0.3) is 0 Å². The van der Waals surface area contributed by atoms with Crippen LogP contribution < -0.4 is 42.5 Å². The van der Waals surface area contributed by atoms with Gasteiger partial charge >= 0.3 is 24.1 Å².